The Morgan fingerprint density at radius 2 is 2.06 bits per heavy atom. The second kappa shape index (κ2) is 4.65. The molecule has 5 nitrogen and oxygen atoms in total. The fourth-order valence-electron chi connectivity index (χ4n) is 1.23. The molecule has 0 radical (unpaired) electrons. The van der Waals surface area contributed by atoms with Gasteiger partial charge < -0.3 is 10.7 Å². The molecule has 82 valence electrons. The van der Waals surface area contributed by atoms with Crippen LogP contribution in [0.1, 0.15) is 0 Å². The minimum absolute atomic E-state index is 0.149. The van der Waals surface area contributed by atoms with Gasteiger partial charge in [0, 0.05) is 5.39 Å². The standard InChI is InChI=1S/C9H6I2N4O/c10-5-1-4-2-6(11)9(16)15-7(4)14-8(5)13-3-12/h1-3H,(H3,12,13,14,15,16). The lowest BCUT2D eigenvalue weighted by atomic mass is 10.3. The summed E-state index contributed by atoms with van der Waals surface area (Å²) in [6.45, 7) is 0. The van der Waals surface area contributed by atoms with Crippen LogP contribution in [0.25, 0.3) is 11.0 Å². The second-order valence-corrected chi connectivity index (χ2v) is 5.28. The first-order valence-electron chi connectivity index (χ1n) is 4.25. The Morgan fingerprint density at radius 3 is 2.75 bits per heavy atom. The Balaban J connectivity index is 2.79. The number of hydrogen-bond acceptors (Lipinski definition) is 3. The molecule has 0 aliphatic rings. The highest BCUT2D eigenvalue weighted by Crippen LogP contribution is 2.22. The molecule has 0 aliphatic heterocycles. The summed E-state index contributed by atoms with van der Waals surface area (Å²) < 4.78 is 1.52. The molecule has 0 bridgehead atoms. The third kappa shape index (κ3) is 2.19. The van der Waals surface area contributed by atoms with Gasteiger partial charge in [-0.05, 0) is 57.3 Å². The second-order valence-electron chi connectivity index (χ2n) is 2.96. The molecule has 0 saturated carbocycles. The summed E-state index contributed by atoms with van der Waals surface area (Å²) in [5.74, 6) is 0.507. The van der Waals surface area contributed by atoms with Gasteiger partial charge in [-0.1, -0.05) is 0 Å². The lowest BCUT2D eigenvalue weighted by molar-refractivity contribution is 1.20. The number of aliphatic imine (C=N–C) groups is 1. The number of fused-ring (bicyclic) bond motifs is 1. The molecule has 2 aromatic rings. The van der Waals surface area contributed by atoms with Gasteiger partial charge in [-0.15, -0.1) is 0 Å². The number of aromatic amines is 1. The van der Waals surface area contributed by atoms with Crippen molar-refractivity contribution in [3.05, 3.63) is 29.6 Å². The summed E-state index contributed by atoms with van der Waals surface area (Å²) in [5, 5.41) is 0.879. The van der Waals surface area contributed by atoms with Gasteiger partial charge in [0.1, 0.15) is 5.65 Å². The first-order chi connectivity index (χ1) is 7.61. The number of nitrogens with zero attached hydrogens (tertiary/aromatic N) is 2. The van der Waals surface area contributed by atoms with Crippen LogP contribution in [0.3, 0.4) is 0 Å². The first-order valence-corrected chi connectivity index (χ1v) is 6.41. The van der Waals surface area contributed by atoms with Gasteiger partial charge in [-0.25, -0.2) is 9.98 Å². The lowest BCUT2D eigenvalue weighted by Gasteiger charge is -2.01. The molecule has 16 heavy (non-hydrogen) atoms. The number of aromatic nitrogens is 2. The van der Waals surface area contributed by atoms with E-state index in [1.807, 2.05) is 28.7 Å². The summed E-state index contributed by atoms with van der Waals surface area (Å²) in [6.07, 6.45) is 1.18. The number of nitrogens with one attached hydrogen (secondary N) is 1. The van der Waals surface area contributed by atoms with E-state index in [1.54, 1.807) is 6.07 Å². The molecule has 0 unspecified atom stereocenters. The third-order valence-corrected chi connectivity index (χ3v) is 3.51. The molecule has 0 aliphatic carbocycles. The lowest BCUT2D eigenvalue weighted by Crippen LogP contribution is -2.09. The first kappa shape index (κ1) is 11.8. The summed E-state index contributed by atoms with van der Waals surface area (Å²) in [7, 11) is 0. The highest BCUT2D eigenvalue weighted by Gasteiger charge is 2.05. The molecule has 0 atom stereocenters. The predicted octanol–water partition coefficient (Wildman–Crippen LogP) is 1.75. The van der Waals surface area contributed by atoms with Gasteiger partial charge in [0.2, 0.25) is 0 Å². The molecule has 0 saturated heterocycles. The van der Waals surface area contributed by atoms with Crippen LogP contribution in [0.4, 0.5) is 5.82 Å². The zero-order valence-corrected chi connectivity index (χ0v) is 12.2. The van der Waals surface area contributed by atoms with Crippen molar-refractivity contribution in [1.82, 2.24) is 9.97 Å². The molecule has 2 aromatic heterocycles. The van der Waals surface area contributed by atoms with E-state index in [-0.39, 0.29) is 5.56 Å². The fraction of sp³-hybridized carbons (Fsp3) is 0. The number of rotatable bonds is 1. The van der Waals surface area contributed by atoms with Crippen LogP contribution in [0.5, 0.6) is 0 Å². The topological polar surface area (TPSA) is 84.1 Å². The average Bonchev–Trinajstić information content (AvgIpc) is 2.23. The van der Waals surface area contributed by atoms with Gasteiger partial charge >= 0.3 is 0 Å². The van der Waals surface area contributed by atoms with Crippen LogP contribution in [-0.2, 0) is 0 Å². The van der Waals surface area contributed by atoms with Crippen LogP contribution in [0.15, 0.2) is 21.9 Å². The van der Waals surface area contributed by atoms with E-state index in [4.69, 9.17) is 5.73 Å². The summed E-state index contributed by atoms with van der Waals surface area (Å²) in [5.41, 5.74) is 5.59. The zero-order valence-electron chi connectivity index (χ0n) is 7.87. The number of nitrogens with two attached hydrogens (primary N) is 1. The van der Waals surface area contributed by atoms with Crippen molar-refractivity contribution in [2.45, 2.75) is 0 Å². The minimum Gasteiger partial charge on any atom is -0.390 e. The van der Waals surface area contributed by atoms with Crippen LogP contribution in [0, 0.1) is 7.14 Å². The minimum atomic E-state index is -0.149. The van der Waals surface area contributed by atoms with E-state index in [0.29, 0.717) is 15.0 Å². The smallest absolute Gasteiger partial charge is 0.263 e. The van der Waals surface area contributed by atoms with Gasteiger partial charge in [0.25, 0.3) is 5.56 Å². The molecule has 0 aromatic carbocycles. The molecule has 0 fully saturated rings. The van der Waals surface area contributed by atoms with E-state index >= 15 is 0 Å². The highest BCUT2D eigenvalue weighted by molar-refractivity contribution is 14.1. The fourth-order valence-corrected chi connectivity index (χ4v) is 2.30. The van der Waals surface area contributed by atoms with E-state index in [1.165, 1.54) is 6.34 Å². The quantitative estimate of drug-likeness (QED) is 0.403. The van der Waals surface area contributed by atoms with Crippen molar-refractivity contribution in [1.29, 1.82) is 0 Å². The third-order valence-electron chi connectivity index (χ3n) is 1.91. The molecule has 0 spiro atoms. The monoisotopic (exact) mass is 440 g/mol. The Labute approximate surface area is 118 Å². The van der Waals surface area contributed by atoms with E-state index < -0.39 is 0 Å². The average molecular weight is 440 g/mol. The zero-order chi connectivity index (χ0) is 11.7. The highest BCUT2D eigenvalue weighted by atomic mass is 127. The molecule has 2 heterocycles. The van der Waals surface area contributed by atoms with Crippen LogP contribution in [-0.4, -0.2) is 16.3 Å². The number of pyridine rings is 2. The van der Waals surface area contributed by atoms with Crippen molar-refractivity contribution in [3.8, 4) is 0 Å². The summed E-state index contributed by atoms with van der Waals surface area (Å²) in [6, 6.07) is 3.70. The Kier molecular flexibility index (Phi) is 3.42. The van der Waals surface area contributed by atoms with Crippen molar-refractivity contribution < 1.29 is 0 Å². The van der Waals surface area contributed by atoms with Crippen molar-refractivity contribution in [2.24, 2.45) is 10.7 Å². The SMILES string of the molecule is NC=Nc1nc2[nH]c(=O)c(I)cc2cc1I. The van der Waals surface area contributed by atoms with E-state index in [0.717, 1.165) is 8.96 Å². The molecule has 7 heteroatoms. The Morgan fingerprint density at radius 1 is 1.38 bits per heavy atom. The van der Waals surface area contributed by atoms with Gasteiger partial charge in [-0.3, -0.25) is 4.79 Å². The van der Waals surface area contributed by atoms with Crippen molar-refractivity contribution in [3.63, 3.8) is 0 Å². The van der Waals surface area contributed by atoms with E-state index in [9.17, 15) is 4.79 Å². The van der Waals surface area contributed by atoms with Crippen molar-refractivity contribution in [2.75, 3.05) is 0 Å². The van der Waals surface area contributed by atoms with Gasteiger partial charge in [-0.2, -0.15) is 0 Å². The van der Waals surface area contributed by atoms with Crippen LogP contribution >= 0.6 is 45.2 Å². The summed E-state index contributed by atoms with van der Waals surface area (Å²) >= 11 is 4.11. The van der Waals surface area contributed by atoms with Gasteiger partial charge in [0.15, 0.2) is 5.82 Å². The maximum Gasteiger partial charge on any atom is 0.263 e. The number of halogens is 2. The molecule has 3 N–H and O–H groups in total. The number of hydrogen-bond donors (Lipinski definition) is 2. The predicted molar refractivity (Wildman–Crippen MR) is 80.1 cm³/mol. The molecular weight excluding hydrogens is 434 g/mol. The summed E-state index contributed by atoms with van der Waals surface area (Å²) in [4.78, 5) is 22.3. The van der Waals surface area contributed by atoms with Crippen LogP contribution < -0.4 is 11.3 Å². The van der Waals surface area contributed by atoms with E-state index in [2.05, 4.69) is 37.6 Å². The van der Waals surface area contributed by atoms with Crippen molar-refractivity contribution >= 4 is 68.4 Å². The molecule has 0 amide bonds. The molecule has 2 rings (SSSR count). The molecular formula is C9H6I2N4O. The number of H-pyrrole nitrogens is 1. The Bertz CT molecular complexity index is 635. The normalized spacial score (nSPS) is 11.4. The largest absolute Gasteiger partial charge is 0.390 e. The van der Waals surface area contributed by atoms with Crippen LogP contribution in [0.2, 0.25) is 0 Å². The maximum atomic E-state index is 11.4. The maximum absolute atomic E-state index is 11.4. The van der Waals surface area contributed by atoms with Gasteiger partial charge in [0.05, 0.1) is 13.5 Å². The Hall–Kier alpha value is -0.710.